The van der Waals surface area contributed by atoms with Crippen molar-refractivity contribution in [2.45, 2.75) is 31.4 Å². The monoisotopic (exact) mass is 318 g/mol. The summed E-state index contributed by atoms with van der Waals surface area (Å²) in [5.74, 6) is -0.662. The second-order valence-electron chi connectivity index (χ2n) is 4.24. The molecule has 1 aliphatic carbocycles. The van der Waals surface area contributed by atoms with Crippen LogP contribution in [0.5, 0.6) is 5.75 Å². The number of hydrogen-bond acceptors (Lipinski definition) is 4. The van der Waals surface area contributed by atoms with Crippen LogP contribution in [0.15, 0.2) is 16.6 Å². The average Bonchev–Trinajstić information content (AvgIpc) is 2.69. The highest BCUT2D eigenvalue weighted by Crippen LogP contribution is 2.35. The highest BCUT2D eigenvalue weighted by atomic mass is 79.9. The van der Waals surface area contributed by atoms with Crippen LogP contribution in [-0.4, -0.2) is 17.1 Å². The maximum Gasteiger partial charge on any atom is 0.312 e. The van der Waals surface area contributed by atoms with Crippen molar-refractivity contribution >= 4 is 21.6 Å². The van der Waals surface area contributed by atoms with Crippen LogP contribution in [0.25, 0.3) is 0 Å². The summed E-state index contributed by atoms with van der Waals surface area (Å²) in [6.07, 6.45) is 2.18. The zero-order chi connectivity index (χ0) is 13.3. The summed E-state index contributed by atoms with van der Waals surface area (Å²) in [5, 5.41) is 10.9. The number of rotatable bonds is 3. The van der Waals surface area contributed by atoms with Gasteiger partial charge in [0.15, 0.2) is 5.75 Å². The molecule has 2 rings (SSSR count). The summed E-state index contributed by atoms with van der Waals surface area (Å²) in [5.41, 5.74) is 5.56. The van der Waals surface area contributed by atoms with Crippen LogP contribution in [0.2, 0.25) is 0 Å². The van der Waals surface area contributed by atoms with E-state index in [4.69, 9.17) is 10.5 Å². The summed E-state index contributed by atoms with van der Waals surface area (Å²) >= 11 is 2.91. The molecular formula is C11H12BrFN2O3. The molecule has 7 heteroatoms. The number of benzene rings is 1. The maximum absolute atomic E-state index is 13.4. The Labute approximate surface area is 111 Å². The van der Waals surface area contributed by atoms with Gasteiger partial charge in [-0.15, -0.1) is 0 Å². The van der Waals surface area contributed by atoms with E-state index in [1.54, 1.807) is 0 Å². The summed E-state index contributed by atoms with van der Waals surface area (Å²) in [4.78, 5) is 10.3. The molecule has 0 amide bonds. The van der Waals surface area contributed by atoms with E-state index in [-0.39, 0.29) is 28.1 Å². The third-order valence-corrected chi connectivity index (χ3v) is 3.59. The molecule has 1 aliphatic rings. The predicted octanol–water partition coefficient (Wildman–Crippen LogP) is 2.76. The van der Waals surface area contributed by atoms with Crippen molar-refractivity contribution in [2.24, 2.45) is 5.73 Å². The number of halogens is 2. The van der Waals surface area contributed by atoms with E-state index in [2.05, 4.69) is 15.9 Å². The van der Waals surface area contributed by atoms with Gasteiger partial charge in [-0.3, -0.25) is 10.1 Å². The van der Waals surface area contributed by atoms with Crippen LogP contribution in [0.3, 0.4) is 0 Å². The minimum absolute atomic E-state index is 0.0391. The fraction of sp³-hybridized carbons (Fsp3) is 0.455. The highest BCUT2D eigenvalue weighted by Gasteiger charge is 2.29. The molecule has 98 valence electrons. The molecular weight excluding hydrogens is 307 g/mol. The van der Waals surface area contributed by atoms with Crippen molar-refractivity contribution in [3.63, 3.8) is 0 Å². The Balaban J connectivity index is 2.30. The van der Waals surface area contributed by atoms with Crippen molar-refractivity contribution in [2.75, 3.05) is 0 Å². The van der Waals surface area contributed by atoms with Gasteiger partial charge in [-0.05, 0) is 35.2 Å². The number of nitro groups is 1. The van der Waals surface area contributed by atoms with E-state index in [1.807, 2.05) is 0 Å². The summed E-state index contributed by atoms with van der Waals surface area (Å²) < 4.78 is 18.9. The van der Waals surface area contributed by atoms with E-state index in [0.717, 1.165) is 31.4 Å². The lowest BCUT2D eigenvalue weighted by atomic mass is 10.2. The van der Waals surface area contributed by atoms with Gasteiger partial charge in [-0.25, -0.2) is 4.39 Å². The molecule has 0 aliphatic heterocycles. The van der Waals surface area contributed by atoms with Gasteiger partial charge >= 0.3 is 5.69 Å². The molecule has 18 heavy (non-hydrogen) atoms. The molecule has 1 aromatic carbocycles. The van der Waals surface area contributed by atoms with Crippen molar-refractivity contribution in [3.8, 4) is 5.75 Å². The molecule has 0 saturated heterocycles. The zero-order valence-electron chi connectivity index (χ0n) is 9.44. The van der Waals surface area contributed by atoms with Crippen molar-refractivity contribution in [1.82, 2.24) is 0 Å². The molecule has 1 saturated carbocycles. The number of nitrogens with two attached hydrogens (primary N) is 1. The van der Waals surface area contributed by atoms with E-state index in [9.17, 15) is 14.5 Å². The smallest absolute Gasteiger partial charge is 0.312 e. The molecule has 2 unspecified atom stereocenters. The van der Waals surface area contributed by atoms with Crippen LogP contribution >= 0.6 is 15.9 Å². The topological polar surface area (TPSA) is 78.4 Å². The summed E-state index contributed by atoms with van der Waals surface area (Å²) in [6.45, 7) is 0. The van der Waals surface area contributed by atoms with Gasteiger partial charge in [0.2, 0.25) is 0 Å². The second kappa shape index (κ2) is 5.19. The van der Waals surface area contributed by atoms with E-state index < -0.39 is 10.7 Å². The Bertz CT molecular complexity index is 484. The first kappa shape index (κ1) is 13.2. The molecule has 1 fully saturated rings. The quantitative estimate of drug-likeness (QED) is 0.686. The zero-order valence-corrected chi connectivity index (χ0v) is 11.0. The third-order valence-electron chi connectivity index (χ3n) is 2.98. The third kappa shape index (κ3) is 2.62. The molecule has 0 spiro atoms. The summed E-state index contributed by atoms with van der Waals surface area (Å²) in [6, 6.07) is 1.97. The molecule has 2 atom stereocenters. The van der Waals surface area contributed by atoms with Crippen LogP contribution < -0.4 is 10.5 Å². The van der Waals surface area contributed by atoms with Gasteiger partial charge < -0.3 is 10.5 Å². The standard InChI is InChI=1S/C11H12BrFN2O3/c12-6-4-9(15(16)17)11(5-7(6)13)18-10-3-1-2-8(10)14/h4-5,8,10H,1-3,14H2. The van der Waals surface area contributed by atoms with Gasteiger partial charge in [-0.2, -0.15) is 0 Å². The molecule has 5 nitrogen and oxygen atoms in total. The number of nitro benzene ring substituents is 1. The lowest BCUT2D eigenvalue weighted by Crippen LogP contribution is -2.33. The van der Waals surface area contributed by atoms with E-state index in [1.165, 1.54) is 0 Å². The van der Waals surface area contributed by atoms with Crippen LogP contribution in [0.4, 0.5) is 10.1 Å². The van der Waals surface area contributed by atoms with Gasteiger partial charge in [0.1, 0.15) is 11.9 Å². The second-order valence-corrected chi connectivity index (χ2v) is 5.10. The predicted molar refractivity (Wildman–Crippen MR) is 67.0 cm³/mol. The summed E-state index contributed by atoms with van der Waals surface area (Å²) in [7, 11) is 0. The van der Waals surface area contributed by atoms with Crippen molar-refractivity contribution < 1.29 is 14.1 Å². The Morgan fingerprint density at radius 1 is 1.50 bits per heavy atom. The minimum Gasteiger partial charge on any atom is -0.482 e. The highest BCUT2D eigenvalue weighted by molar-refractivity contribution is 9.10. The molecule has 0 heterocycles. The molecule has 0 bridgehead atoms. The Hall–Kier alpha value is -1.21. The van der Waals surface area contributed by atoms with Crippen molar-refractivity contribution in [1.29, 1.82) is 0 Å². The molecule has 1 aromatic rings. The normalized spacial score (nSPS) is 23.1. The van der Waals surface area contributed by atoms with Gasteiger partial charge in [0.25, 0.3) is 0 Å². The lowest BCUT2D eigenvalue weighted by Gasteiger charge is -2.17. The fourth-order valence-corrected chi connectivity index (χ4v) is 2.35. The molecule has 0 radical (unpaired) electrons. The first-order valence-electron chi connectivity index (χ1n) is 5.54. The Morgan fingerprint density at radius 2 is 2.22 bits per heavy atom. The van der Waals surface area contributed by atoms with Crippen LogP contribution in [0.1, 0.15) is 19.3 Å². The number of hydrogen-bond donors (Lipinski definition) is 1. The Morgan fingerprint density at radius 3 is 2.78 bits per heavy atom. The number of ether oxygens (including phenoxy) is 1. The maximum atomic E-state index is 13.4. The first-order valence-corrected chi connectivity index (χ1v) is 6.34. The lowest BCUT2D eigenvalue weighted by molar-refractivity contribution is -0.386. The van der Waals surface area contributed by atoms with Crippen LogP contribution in [-0.2, 0) is 0 Å². The molecule has 0 aromatic heterocycles. The Kier molecular flexibility index (Phi) is 3.82. The first-order chi connectivity index (χ1) is 8.49. The minimum atomic E-state index is -0.597. The van der Waals surface area contributed by atoms with Crippen LogP contribution in [0, 0.1) is 15.9 Å². The number of nitrogens with zero attached hydrogens (tertiary/aromatic N) is 1. The van der Waals surface area contributed by atoms with E-state index in [0.29, 0.717) is 0 Å². The van der Waals surface area contributed by atoms with Gasteiger partial charge in [0.05, 0.1) is 9.40 Å². The molecule has 2 N–H and O–H groups in total. The fourth-order valence-electron chi connectivity index (χ4n) is 2.02. The van der Waals surface area contributed by atoms with Gasteiger partial charge in [-0.1, -0.05) is 0 Å². The SMILES string of the molecule is NC1CCCC1Oc1cc(F)c(Br)cc1[N+](=O)[O-]. The van der Waals surface area contributed by atoms with Gasteiger partial charge in [0, 0.05) is 18.2 Å². The largest absolute Gasteiger partial charge is 0.482 e. The van der Waals surface area contributed by atoms with E-state index >= 15 is 0 Å². The van der Waals surface area contributed by atoms with Crippen molar-refractivity contribution in [3.05, 3.63) is 32.5 Å². The average molecular weight is 319 g/mol.